The summed E-state index contributed by atoms with van der Waals surface area (Å²) in [7, 11) is 0. The molecule has 0 heterocycles. The molecule has 0 spiro atoms. The molecular formula is C43H56O. The number of ether oxygens (including phenoxy) is 1. The monoisotopic (exact) mass is 588 g/mol. The molecule has 5 rings (SSSR count). The highest BCUT2D eigenvalue weighted by Crippen LogP contribution is 2.71. The zero-order chi connectivity index (χ0) is 32.5. The quantitative estimate of drug-likeness (QED) is 0.231. The molecule has 0 saturated heterocycles. The standard InChI is InChI=1S/C43H56O/c1-25(2)36-21-34(18-17-29(7)44-35-19-15-27(5)16-20-35)30(8)39-31(9)40-33(11)43(14)32(10)38(26(3)4)28(6)22-42(43,13)24-41(40,12)23-37(36)39/h15-16,19-21,25,28,38H,3,7,9-10,17-18,22-24H2,1-2,4-6,8,11-14H3/t28?,38?,41-,42+,43-/m1/s1. The van der Waals surface area contributed by atoms with Crippen molar-refractivity contribution in [2.24, 2.45) is 28.1 Å². The largest absolute Gasteiger partial charge is 0.462 e. The van der Waals surface area contributed by atoms with Gasteiger partial charge in [0.25, 0.3) is 0 Å². The maximum Gasteiger partial charge on any atom is 0.126 e. The van der Waals surface area contributed by atoms with E-state index in [9.17, 15) is 0 Å². The third kappa shape index (κ3) is 4.90. The minimum atomic E-state index is -0.0874. The van der Waals surface area contributed by atoms with Crippen LogP contribution in [0.5, 0.6) is 5.75 Å². The van der Waals surface area contributed by atoms with E-state index in [1.807, 2.05) is 12.1 Å². The Bertz CT molecular complexity index is 1590. The van der Waals surface area contributed by atoms with Crippen LogP contribution >= 0.6 is 0 Å². The summed E-state index contributed by atoms with van der Waals surface area (Å²) < 4.78 is 6.12. The van der Waals surface area contributed by atoms with E-state index < -0.39 is 0 Å². The van der Waals surface area contributed by atoms with Crippen LogP contribution in [0.2, 0.25) is 0 Å². The van der Waals surface area contributed by atoms with Crippen LogP contribution in [0.25, 0.3) is 5.57 Å². The molecule has 1 saturated carbocycles. The minimum Gasteiger partial charge on any atom is -0.462 e. The molecule has 0 aliphatic heterocycles. The Kier molecular flexibility index (Phi) is 8.14. The van der Waals surface area contributed by atoms with Crippen molar-refractivity contribution in [3.63, 3.8) is 0 Å². The summed E-state index contributed by atoms with van der Waals surface area (Å²) in [5, 5.41) is 0. The van der Waals surface area contributed by atoms with Gasteiger partial charge in [0.1, 0.15) is 5.75 Å². The summed E-state index contributed by atoms with van der Waals surface area (Å²) in [5.74, 6) is 3.00. The van der Waals surface area contributed by atoms with Crippen molar-refractivity contribution in [1.29, 1.82) is 0 Å². The first kappa shape index (κ1) is 32.3. The first-order valence-corrected chi connectivity index (χ1v) is 16.8. The van der Waals surface area contributed by atoms with E-state index in [1.165, 1.54) is 67.7 Å². The molecule has 5 atom stereocenters. The van der Waals surface area contributed by atoms with E-state index in [0.29, 0.717) is 17.8 Å². The molecule has 1 nitrogen and oxygen atoms in total. The van der Waals surface area contributed by atoms with E-state index in [2.05, 4.69) is 101 Å². The average molecular weight is 589 g/mol. The van der Waals surface area contributed by atoms with Crippen LogP contribution in [0, 0.1) is 41.9 Å². The van der Waals surface area contributed by atoms with Crippen LogP contribution < -0.4 is 4.74 Å². The van der Waals surface area contributed by atoms with Crippen LogP contribution in [-0.2, 0) is 12.8 Å². The fourth-order valence-electron chi connectivity index (χ4n) is 10.1. The molecule has 2 aromatic carbocycles. The molecule has 3 aliphatic carbocycles. The van der Waals surface area contributed by atoms with Crippen molar-refractivity contribution >= 4 is 5.57 Å². The molecule has 0 N–H and O–H groups in total. The second kappa shape index (κ2) is 11.1. The van der Waals surface area contributed by atoms with E-state index >= 15 is 0 Å². The molecule has 0 bridgehead atoms. The van der Waals surface area contributed by atoms with Gasteiger partial charge in [-0.15, -0.1) is 0 Å². The summed E-state index contributed by atoms with van der Waals surface area (Å²) >= 11 is 0. The topological polar surface area (TPSA) is 9.23 Å². The van der Waals surface area contributed by atoms with Gasteiger partial charge >= 0.3 is 0 Å². The lowest BCUT2D eigenvalue weighted by Crippen LogP contribution is -2.55. The summed E-state index contributed by atoms with van der Waals surface area (Å²) in [4.78, 5) is 0. The number of fused-ring (bicyclic) bond motifs is 3. The smallest absolute Gasteiger partial charge is 0.126 e. The first-order valence-electron chi connectivity index (χ1n) is 16.8. The number of rotatable bonds is 7. The van der Waals surface area contributed by atoms with Gasteiger partial charge in [-0.1, -0.05) is 108 Å². The maximum atomic E-state index is 6.12. The van der Waals surface area contributed by atoms with Gasteiger partial charge in [0.2, 0.25) is 0 Å². The van der Waals surface area contributed by atoms with Gasteiger partial charge in [-0.3, -0.25) is 0 Å². The lowest BCUT2D eigenvalue weighted by molar-refractivity contribution is -0.00215. The van der Waals surface area contributed by atoms with E-state index in [-0.39, 0.29) is 16.2 Å². The third-order valence-corrected chi connectivity index (χ3v) is 12.2. The highest BCUT2D eigenvalue weighted by atomic mass is 16.5. The molecule has 0 radical (unpaired) electrons. The van der Waals surface area contributed by atoms with Crippen LogP contribution in [0.3, 0.4) is 0 Å². The molecule has 44 heavy (non-hydrogen) atoms. The second-order valence-electron chi connectivity index (χ2n) is 15.8. The van der Waals surface area contributed by atoms with Crippen molar-refractivity contribution in [1.82, 2.24) is 0 Å². The van der Waals surface area contributed by atoms with Crippen molar-refractivity contribution in [2.45, 2.75) is 107 Å². The Labute approximate surface area is 268 Å². The molecule has 0 amide bonds. The van der Waals surface area contributed by atoms with Crippen molar-refractivity contribution in [3.8, 4) is 5.75 Å². The number of aryl methyl sites for hydroxylation is 2. The molecule has 1 heteroatoms. The van der Waals surface area contributed by atoms with Crippen LogP contribution in [-0.4, -0.2) is 0 Å². The van der Waals surface area contributed by atoms with Gasteiger partial charge in [0.05, 0.1) is 5.76 Å². The van der Waals surface area contributed by atoms with Gasteiger partial charge in [-0.2, -0.15) is 0 Å². The highest BCUT2D eigenvalue weighted by Gasteiger charge is 2.61. The van der Waals surface area contributed by atoms with E-state index in [0.717, 1.165) is 37.2 Å². The maximum absolute atomic E-state index is 6.12. The molecule has 1 fully saturated rings. The fourth-order valence-corrected chi connectivity index (χ4v) is 10.1. The Morgan fingerprint density at radius 2 is 1.66 bits per heavy atom. The molecule has 234 valence electrons. The van der Waals surface area contributed by atoms with Crippen molar-refractivity contribution in [3.05, 3.63) is 118 Å². The van der Waals surface area contributed by atoms with Crippen LogP contribution in [0.4, 0.5) is 0 Å². The van der Waals surface area contributed by atoms with Gasteiger partial charge in [0.15, 0.2) is 0 Å². The molecule has 3 aliphatic rings. The Hall–Kier alpha value is -3.06. The van der Waals surface area contributed by atoms with Gasteiger partial charge in [0, 0.05) is 17.8 Å². The second-order valence-corrected chi connectivity index (χ2v) is 15.8. The van der Waals surface area contributed by atoms with E-state index in [1.54, 1.807) is 0 Å². The molecule has 2 unspecified atom stereocenters. The summed E-state index contributed by atoms with van der Waals surface area (Å²) in [6.07, 6.45) is 5.11. The summed E-state index contributed by atoms with van der Waals surface area (Å²) in [6.45, 7) is 42.2. The number of allylic oxidation sites excluding steroid dienone is 6. The highest BCUT2D eigenvalue weighted by molar-refractivity contribution is 5.87. The van der Waals surface area contributed by atoms with Crippen LogP contribution in [0.1, 0.15) is 114 Å². The fraction of sp³-hybridized carbons (Fsp3) is 0.488. The SMILES string of the molecule is C=C(CCc1cc(C(C)C)c2c(c1C)C(=C)C1=C(C)[C@@]3(C)C(=C)C(C(=C)C)C(C)C[C@@]3(C)C[C@@]1(C)C2)Oc1ccc(C)cc1. The Morgan fingerprint density at radius 1 is 1.02 bits per heavy atom. The molecule has 0 aromatic heterocycles. The third-order valence-electron chi connectivity index (χ3n) is 12.2. The number of hydrogen-bond acceptors (Lipinski definition) is 1. The van der Waals surface area contributed by atoms with E-state index in [4.69, 9.17) is 17.9 Å². The predicted molar refractivity (Wildman–Crippen MR) is 190 cm³/mol. The van der Waals surface area contributed by atoms with Gasteiger partial charge in [-0.25, -0.2) is 0 Å². The summed E-state index contributed by atoms with van der Waals surface area (Å²) in [5.41, 5.74) is 15.3. The van der Waals surface area contributed by atoms with Crippen LogP contribution in [0.15, 0.2) is 84.7 Å². The first-order chi connectivity index (χ1) is 20.4. The minimum absolute atomic E-state index is 0.0479. The number of benzene rings is 2. The average Bonchev–Trinajstić information content (AvgIpc) is 2.91. The molecular weight excluding hydrogens is 532 g/mol. The van der Waals surface area contributed by atoms with Crippen molar-refractivity contribution < 1.29 is 4.74 Å². The zero-order valence-electron chi connectivity index (χ0n) is 29.4. The number of hydrogen-bond donors (Lipinski definition) is 0. The van der Waals surface area contributed by atoms with Gasteiger partial charge < -0.3 is 4.74 Å². The zero-order valence-corrected chi connectivity index (χ0v) is 29.4. The Balaban J connectivity index is 1.57. The predicted octanol–water partition coefficient (Wildman–Crippen LogP) is 12.0. The molecule has 2 aromatic rings. The van der Waals surface area contributed by atoms with Crippen molar-refractivity contribution in [2.75, 3.05) is 0 Å². The summed E-state index contributed by atoms with van der Waals surface area (Å²) in [6, 6.07) is 10.7. The normalized spacial score (nSPS) is 29.7. The Morgan fingerprint density at radius 3 is 2.25 bits per heavy atom. The van der Waals surface area contributed by atoms with Gasteiger partial charge in [-0.05, 0) is 127 Å². The lowest BCUT2D eigenvalue weighted by Gasteiger charge is -2.64. The lowest BCUT2D eigenvalue weighted by atomic mass is 9.39.